The van der Waals surface area contributed by atoms with E-state index in [-0.39, 0.29) is 11.9 Å². The Kier molecular flexibility index (Phi) is 5.36. The minimum absolute atomic E-state index is 0.0286. The Hall–Kier alpha value is -2.78. The lowest BCUT2D eigenvalue weighted by atomic mass is 10.2. The summed E-state index contributed by atoms with van der Waals surface area (Å²) in [6, 6.07) is 9.70. The number of fused-ring (bicyclic) bond motifs is 1. The molecule has 0 spiro atoms. The van der Waals surface area contributed by atoms with E-state index in [1.165, 1.54) is 17.7 Å². The number of hydrogen-bond donors (Lipinski definition) is 1. The maximum absolute atomic E-state index is 12.8. The maximum Gasteiger partial charge on any atom is 0.243 e. The van der Waals surface area contributed by atoms with Gasteiger partial charge in [-0.15, -0.1) is 0 Å². The summed E-state index contributed by atoms with van der Waals surface area (Å²) in [7, 11) is 3.38. The van der Waals surface area contributed by atoms with Crippen molar-refractivity contribution in [1.29, 1.82) is 0 Å². The molecule has 2 aromatic heterocycles. The molecule has 28 heavy (non-hydrogen) atoms. The second kappa shape index (κ2) is 8.07. The van der Waals surface area contributed by atoms with Crippen LogP contribution >= 0.6 is 11.3 Å². The normalized spacial score (nSPS) is 16.5. The molecule has 3 aromatic rings. The Morgan fingerprint density at radius 3 is 2.96 bits per heavy atom. The average Bonchev–Trinajstić information content (AvgIpc) is 3.38. The predicted octanol–water partition coefficient (Wildman–Crippen LogP) is 2.37. The number of thiazole rings is 1. The summed E-state index contributed by atoms with van der Waals surface area (Å²) in [5, 5.41) is 5.43. The Labute approximate surface area is 167 Å². The number of hydrogen-bond acceptors (Lipinski definition) is 8. The Morgan fingerprint density at radius 2 is 2.18 bits per heavy atom. The topological polar surface area (TPSA) is 83.5 Å². The zero-order valence-corrected chi connectivity index (χ0v) is 16.6. The molecule has 0 saturated carbocycles. The molecule has 1 N–H and O–H groups in total. The van der Waals surface area contributed by atoms with Crippen molar-refractivity contribution in [2.75, 3.05) is 30.7 Å². The number of rotatable bonds is 6. The van der Waals surface area contributed by atoms with E-state index in [4.69, 9.17) is 4.84 Å². The van der Waals surface area contributed by atoms with Crippen LogP contribution in [0.5, 0.6) is 0 Å². The molecule has 0 radical (unpaired) electrons. The first-order valence-electron chi connectivity index (χ1n) is 9.15. The molecule has 0 bridgehead atoms. The van der Waals surface area contributed by atoms with Gasteiger partial charge in [0.05, 0.1) is 7.11 Å². The second-order valence-corrected chi connectivity index (χ2v) is 7.56. The van der Waals surface area contributed by atoms with Crippen molar-refractivity contribution in [2.45, 2.75) is 25.4 Å². The molecule has 1 aliphatic rings. The average molecular weight is 398 g/mol. The SMILES string of the molecule is CON(C)c1ncnc2nc(N3CCCC3C(=O)NCc3ccccc3)sc12. The van der Waals surface area contributed by atoms with Crippen molar-refractivity contribution < 1.29 is 9.63 Å². The van der Waals surface area contributed by atoms with Gasteiger partial charge in [-0.3, -0.25) is 9.63 Å². The highest BCUT2D eigenvalue weighted by Crippen LogP contribution is 2.36. The Morgan fingerprint density at radius 1 is 1.36 bits per heavy atom. The van der Waals surface area contributed by atoms with E-state index in [2.05, 4.69) is 25.2 Å². The fourth-order valence-corrected chi connectivity index (χ4v) is 4.45. The number of hydroxylamine groups is 1. The van der Waals surface area contributed by atoms with Gasteiger partial charge in [-0.1, -0.05) is 41.7 Å². The summed E-state index contributed by atoms with van der Waals surface area (Å²) in [5.74, 6) is 0.696. The van der Waals surface area contributed by atoms with Gasteiger partial charge in [0.1, 0.15) is 17.1 Å². The molecule has 1 saturated heterocycles. The van der Waals surface area contributed by atoms with Crippen molar-refractivity contribution in [3.63, 3.8) is 0 Å². The largest absolute Gasteiger partial charge is 0.350 e. The molecular weight excluding hydrogens is 376 g/mol. The van der Waals surface area contributed by atoms with Crippen molar-refractivity contribution in [2.24, 2.45) is 0 Å². The molecule has 1 atom stereocenters. The summed E-state index contributed by atoms with van der Waals surface area (Å²) in [4.78, 5) is 33.4. The number of anilines is 2. The van der Waals surface area contributed by atoms with Gasteiger partial charge in [-0.25, -0.2) is 15.0 Å². The van der Waals surface area contributed by atoms with Gasteiger partial charge in [-0.2, -0.15) is 4.98 Å². The zero-order valence-electron chi connectivity index (χ0n) is 15.8. The van der Waals surface area contributed by atoms with Crippen molar-refractivity contribution >= 4 is 38.5 Å². The van der Waals surface area contributed by atoms with Crippen LogP contribution in [0.4, 0.5) is 10.9 Å². The van der Waals surface area contributed by atoms with E-state index in [9.17, 15) is 4.79 Å². The summed E-state index contributed by atoms with van der Waals surface area (Å²) in [6.45, 7) is 1.32. The number of nitrogens with one attached hydrogen (secondary N) is 1. The van der Waals surface area contributed by atoms with Gasteiger partial charge in [0, 0.05) is 20.1 Å². The van der Waals surface area contributed by atoms with Crippen LogP contribution in [-0.2, 0) is 16.2 Å². The molecule has 1 aliphatic heterocycles. The first kappa shape index (κ1) is 18.6. The molecule has 1 amide bonds. The number of carbonyl (C=O) groups excluding carboxylic acids is 1. The molecule has 8 nitrogen and oxygen atoms in total. The van der Waals surface area contributed by atoms with E-state index in [1.807, 2.05) is 30.3 Å². The Bertz CT molecular complexity index is 963. The molecule has 0 aliphatic carbocycles. The van der Waals surface area contributed by atoms with Gasteiger partial charge in [0.15, 0.2) is 16.6 Å². The van der Waals surface area contributed by atoms with E-state index < -0.39 is 0 Å². The monoisotopic (exact) mass is 398 g/mol. The maximum atomic E-state index is 12.8. The lowest BCUT2D eigenvalue weighted by molar-refractivity contribution is -0.122. The number of amides is 1. The molecule has 1 fully saturated rings. The molecule has 3 heterocycles. The lowest BCUT2D eigenvalue weighted by Crippen LogP contribution is -2.43. The Balaban J connectivity index is 1.54. The van der Waals surface area contributed by atoms with E-state index in [0.717, 1.165) is 34.8 Å². The predicted molar refractivity (Wildman–Crippen MR) is 109 cm³/mol. The fourth-order valence-electron chi connectivity index (χ4n) is 3.34. The van der Waals surface area contributed by atoms with Crippen molar-refractivity contribution in [3.05, 3.63) is 42.2 Å². The van der Waals surface area contributed by atoms with Crippen molar-refractivity contribution in [1.82, 2.24) is 20.3 Å². The minimum atomic E-state index is -0.221. The van der Waals surface area contributed by atoms with E-state index in [0.29, 0.717) is 18.0 Å². The third-order valence-corrected chi connectivity index (χ3v) is 5.92. The number of carbonyl (C=O) groups is 1. The molecular formula is C19H22N6O2S. The zero-order chi connectivity index (χ0) is 19.5. The van der Waals surface area contributed by atoms with Gasteiger partial charge in [-0.05, 0) is 18.4 Å². The van der Waals surface area contributed by atoms with Gasteiger partial charge in [0.2, 0.25) is 5.91 Å². The van der Waals surface area contributed by atoms with Crippen molar-refractivity contribution in [3.8, 4) is 0 Å². The van der Waals surface area contributed by atoms with Crippen LogP contribution in [0.2, 0.25) is 0 Å². The quantitative estimate of drug-likeness (QED) is 0.638. The molecule has 1 unspecified atom stereocenters. The standard InChI is InChI=1S/C19H22N6O2S/c1-24(27-2)17-15-16(21-12-22-17)23-19(28-15)25-10-6-9-14(25)18(26)20-11-13-7-4-3-5-8-13/h3-5,7-8,12,14H,6,9-11H2,1-2H3,(H,20,26). The first-order valence-corrected chi connectivity index (χ1v) is 9.96. The highest BCUT2D eigenvalue weighted by atomic mass is 32.1. The third-order valence-electron chi connectivity index (χ3n) is 4.84. The van der Waals surface area contributed by atoms with E-state index >= 15 is 0 Å². The fraction of sp³-hybridized carbons (Fsp3) is 0.368. The van der Waals surface area contributed by atoms with Gasteiger partial charge in [0.25, 0.3) is 0 Å². The first-order chi connectivity index (χ1) is 13.7. The van der Waals surface area contributed by atoms with Crippen LogP contribution in [0.25, 0.3) is 10.3 Å². The van der Waals surface area contributed by atoms with Gasteiger partial charge < -0.3 is 10.2 Å². The van der Waals surface area contributed by atoms with Crippen LogP contribution in [-0.4, -0.2) is 47.6 Å². The number of nitrogens with zero attached hydrogens (tertiary/aromatic N) is 5. The summed E-state index contributed by atoms with van der Waals surface area (Å²) >= 11 is 1.49. The highest BCUT2D eigenvalue weighted by Gasteiger charge is 2.33. The molecule has 1 aromatic carbocycles. The van der Waals surface area contributed by atoms with Gasteiger partial charge >= 0.3 is 0 Å². The molecule has 9 heteroatoms. The van der Waals surface area contributed by atoms with Crippen LogP contribution < -0.4 is 15.3 Å². The van der Waals surface area contributed by atoms with Crippen LogP contribution in [0.3, 0.4) is 0 Å². The van der Waals surface area contributed by atoms with E-state index in [1.54, 1.807) is 19.2 Å². The highest BCUT2D eigenvalue weighted by molar-refractivity contribution is 7.22. The summed E-state index contributed by atoms with van der Waals surface area (Å²) in [6.07, 6.45) is 3.24. The number of benzene rings is 1. The number of aromatic nitrogens is 3. The second-order valence-electron chi connectivity index (χ2n) is 6.58. The summed E-state index contributed by atoms with van der Waals surface area (Å²) in [5.41, 5.74) is 1.70. The molecule has 146 valence electrons. The molecule has 4 rings (SSSR count). The van der Waals surface area contributed by atoms with Crippen LogP contribution in [0.15, 0.2) is 36.7 Å². The van der Waals surface area contributed by atoms with Crippen LogP contribution in [0.1, 0.15) is 18.4 Å². The summed E-state index contributed by atoms with van der Waals surface area (Å²) < 4.78 is 0.845. The third kappa shape index (κ3) is 3.63. The smallest absolute Gasteiger partial charge is 0.243 e. The lowest BCUT2D eigenvalue weighted by Gasteiger charge is -2.23. The minimum Gasteiger partial charge on any atom is -0.350 e. The van der Waals surface area contributed by atoms with Crippen LogP contribution in [0, 0.1) is 0 Å².